The third kappa shape index (κ3) is 3.00. The summed E-state index contributed by atoms with van der Waals surface area (Å²) >= 11 is 0. The monoisotopic (exact) mass is 289 g/mol. The van der Waals surface area contributed by atoms with E-state index in [0.29, 0.717) is 6.10 Å². The lowest BCUT2D eigenvalue weighted by Crippen LogP contribution is -2.60. The Balaban J connectivity index is 1.82. The number of rotatable bonds is 4. The van der Waals surface area contributed by atoms with Crippen LogP contribution in [0.15, 0.2) is 30.3 Å². The quantitative estimate of drug-likeness (QED) is 0.853. The normalized spacial score (nSPS) is 33.4. The van der Waals surface area contributed by atoms with Gasteiger partial charge in [-0.3, -0.25) is 0 Å². The lowest BCUT2D eigenvalue weighted by Gasteiger charge is -2.45. The van der Waals surface area contributed by atoms with Crippen LogP contribution in [-0.2, 0) is 10.8 Å². The number of hydrogen-bond donors (Lipinski definition) is 1. The lowest BCUT2D eigenvalue weighted by molar-refractivity contribution is 0.0546. The van der Waals surface area contributed by atoms with E-state index in [0.717, 1.165) is 12.5 Å². The molecule has 2 nitrogen and oxygen atoms in total. The molecule has 2 bridgehead atoms. The molecule has 110 valence electrons. The van der Waals surface area contributed by atoms with E-state index < -0.39 is 8.32 Å². The number of piperidine rings is 1. The fraction of sp³-hybridized carbons (Fsp3) is 0.647. The van der Waals surface area contributed by atoms with E-state index in [1.807, 2.05) is 0 Å². The van der Waals surface area contributed by atoms with Crippen LogP contribution in [0.2, 0.25) is 19.6 Å². The molecule has 3 rings (SSSR count). The van der Waals surface area contributed by atoms with Crippen molar-refractivity contribution in [2.75, 3.05) is 0 Å². The molecule has 1 aromatic rings. The molecular formula is C17H27NOSi. The second kappa shape index (κ2) is 5.28. The molecule has 3 unspecified atom stereocenters. The van der Waals surface area contributed by atoms with Crippen molar-refractivity contribution in [2.24, 2.45) is 0 Å². The predicted molar refractivity (Wildman–Crippen MR) is 86.5 cm³/mol. The highest BCUT2D eigenvalue weighted by Crippen LogP contribution is 2.40. The van der Waals surface area contributed by atoms with Crippen molar-refractivity contribution in [1.82, 2.24) is 5.32 Å². The summed E-state index contributed by atoms with van der Waals surface area (Å²) in [5.74, 6) is 0. The Morgan fingerprint density at radius 3 is 2.60 bits per heavy atom. The Kier molecular flexibility index (Phi) is 3.78. The number of benzene rings is 1. The Hall–Kier alpha value is -0.643. The molecule has 2 heterocycles. The van der Waals surface area contributed by atoms with E-state index in [2.05, 4.69) is 55.3 Å². The zero-order chi connectivity index (χ0) is 14.2. The van der Waals surface area contributed by atoms with Crippen molar-refractivity contribution in [3.05, 3.63) is 35.9 Å². The van der Waals surface area contributed by atoms with Crippen molar-refractivity contribution in [2.45, 2.75) is 69.4 Å². The van der Waals surface area contributed by atoms with Gasteiger partial charge in [0.15, 0.2) is 8.32 Å². The minimum Gasteiger partial charge on any atom is -0.413 e. The second-order valence-corrected chi connectivity index (χ2v) is 12.0. The van der Waals surface area contributed by atoms with Gasteiger partial charge in [-0.05, 0) is 57.3 Å². The van der Waals surface area contributed by atoms with Crippen molar-refractivity contribution >= 4 is 8.32 Å². The SMILES string of the molecule is C[Si](C)(C)OC1CCC2CCC1(Cc1ccccc1)N2. The van der Waals surface area contributed by atoms with Crippen LogP contribution >= 0.6 is 0 Å². The maximum Gasteiger partial charge on any atom is 0.184 e. The molecule has 2 aliphatic rings. The summed E-state index contributed by atoms with van der Waals surface area (Å²) in [6.07, 6.45) is 6.60. The summed E-state index contributed by atoms with van der Waals surface area (Å²) in [6.45, 7) is 6.93. The van der Waals surface area contributed by atoms with Gasteiger partial charge in [0.25, 0.3) is 0 Å². The first-order chi connectivity index (χ1) is 9.47. The molecular weight excluding hydrogens is 262 g/mol. The van der Waals surface area contributed by atoms with Crippen LogP contribution in [0, 0.1) is 0 Å². The molecule has 0 saturated carbocycles. The smallest absolute Gasteiger partial charge is 0.184 e. The zero-order valence-electron chi connectivity index (χ0n) is 13.0. The molecule has 1 N–H and O–H groups in total. The fourth-order valence-corrected chi connectivity index (χ4v) is 5.09. The summed E-state index contributed by atoms with van der Waals surface area (Å²) in [5, 5.41) is 3.92. The summed E-state index contributed by atoms with van der Waals surface area (Å²) in [5.41, 5.74) is 1.62. The summed E-state index contributed by atoms with van der Waals surface area (Å²) < 4.78 is 6.56. The molecule has 3 atom stereocenters. The van der Waals surface area contributed by atoms with Crippen LogP contribution in [0.1, 0.15) is 31.2 Å². The maximum atomic E-state index is 6.56. The van der Waals surface area contributed by atoms with Crippen LogP contribution in [0.4, 0.5) is 0 Å². The molecule has 2 saturated heterocycles. The van der Waals surface area contributed by atoms with Gasteiger partial charge in [-0.15, -0.1) is 0 Å². The summed E-state index contributed by atoms with van der Waals surface area (Å²) in [6, 6.07) is 11.6. The van der Waals surface area contributed by atoms with Crippen LogP contribution < -0.4 is 5.32 Å². The van der Waals surface area contributed by atoms with Gasteiger partial charge in [0.2, 0.25) is 0 Å². The summed E-state index contributed by atoms with van der Waals surface area (Å²) in [7, 11) is -1.49. The topological polar surface area (TPSA) is 21.3 Å². The van der Waals surface area contributed by atoms with Crippen LogP contribution in [-0.4, -0.2) is 26.0 Å². The highest BCUT2D eigenvalue weighted by atomic mass is 28.4. The molecule has 20 heavy (non-hydrogen) atoms. The molecule has 0 aliphatic carbocycles. The first-order valence-electron chi connectivity index (χ1n) is 7.96. The van der Waals surface area contributed by atoms with Gasteiger partial charge in [-0.1, -0.05) is 30.3 Å². The Morgan fingerprint density at radius 1 is 1.15 bits per heavy atom. The average molecular weight is 289 g/mol. The average Bonchev–Trinajstić information content (AvgIpc) is 2.72. The van der Waals surface area contributed by atoms with Crippen LogP contribution in [0.5, 0.6) is 0 Å². The molecule has 0 spiro atoms. The van der Waals surface area contributed by atoms with Gasteiger partial charge in [0.1, 0.15) is 0 Å². The van der Waals surface area contributed by atoms with Crippen molar-refractivity contribution in [3.8, 4) is 0 Å². The first-order valence-corrected chi connectivity index (χ1v) is 11.4. The van der Waals surface area contributed by atoms with Gasteiger partial charge in [-0.2, -0.15) is 0 Å². The highest BCUT2D eigenvalue weighted by Gasteiger charge is 2.49. The van der Waals surface area contributed by atoms with E-state index in [9.17, 15) is 0 Å². The standard InChI is InChI=1S/C17H27NOSi/c1-20(2,3)19-16-10-9-15-11-12-17(16,18-15)13-14-7-5-4-6-8-14/h4-8,15-16,18H,9-13H2,1-3H3. The third-order valence-corrected chi connectivity index (χ3v) is 5.67. The van der Waals surface area contributed by atoms with E-state index >= 15 is 0 Å². The predicted octanol–water partition coefficient (Wildman–Crippen LogP) is 3.73. The van der Waals surface area contributed by atoms with Gasteiger partial charge in [-0.25, -0.2) is 0 Å². The van der Waals surface area contributed by atoms with E-state index in [4.69, 9.17) is 4.43 Å². The number of hydrogen-bond acceptors (Lipinski definition) is 2. The lowest BCUT2D eigenvalue weighted by atomic mass is 9.82. The molecule has 1 aromatic carbocycles. The van der Waals surface area contributed by atoms with Crippen molar-refractivity contribution in [1.29, 1.82) is 0 Å². The molecule has 0 aromatic heterocycles. The minimum absolute atomic E-state index is 0.185. The fourth-order valence-electron chi connectivity index (χ4n) is 3.89. The Labute approximate surface area is 124 Å². The van der Waals surface area contributed by atoms with Gasteiger partial charge in [0, 0.05) is 11.6 Å². The molecule has 2 aliphatic heterocycles. The molecule has 3 heteroatoms. The molecule has 0 amide bonds. The molecule has 0 radical (unpaired) electrons. The van der Waals surface area contributed by atoms with Crippen LogP contribution in [0.25, 0.3) is 0 Å². The van der Waals surface area contributed by atoms with Crippen molar-refractivity contribution < 1.29 is 4.43 Å². The number of fused-ring (bicyclic) bond motifs is 2. The Morgan fingerprint density at radius 2 is 1.90 bits per heavy atom. The van der Waals surface area contributed by atoms with Gasteiger partial charge in [0.05, 0.1) is 6.10 Å². The van der Waals surface area contributed by atoms with Crippen LogP contribution in [0.3, 0.4) is 0 Å². The minimum atomic E-state index is -1.49. The van der Waals surface area contributed by atoms with Crippen molar-refractivity contribution in [3.63, 3.8) is 0 Å². The maximum absolute atomic E-state index is 6.56. The van der Waals surface area contributed by atoms with Gasteiger partial charge >= 0.3 is 0 Å². The largest absolute Gasteiger partial charge is 0.413 e. The zero-order valence-corrected chi connectivity index (χ0v) is 14.0. The van der Waals surface area contributed by atoms with E-state index in [-0.39, 0.29) is 5.54 Å². The third-order valence-electron chi connectivity index (χ3n) is 4.68. The second-order valence-electron chi connectivity index (χ2n) is 7.49. The summed E-state index contributed by atoms with van der Waals surface area (Å²) in [4.78, 5) is 0. The van der Waals surface area contributed by atoms with Gasteiger partial charge < -0.3 is 9.74 Å². The first kappa shape index (κ1) is 14.3. The molecule has 2 fully saturated rings. The van der Waals surface area contributed by atoms with E-state index in [1.165, 1.54) is 31.2 Å². The van der Waals surface area contributed by atoms with E-state index in [1.54, 1.807) is 0 Å². The Bertz CT molecular complexity index is 456. The number of nitrogens with one attached hydrogen (secondary N) is 1. The highest BCUT2D eigenvalue weighted by molar-refractivity contribution is 6.69.